The van der Waals surface area contributed by atoms with Crippen LogP contribution in [0, 0.1) is 11.8 Å². The molecular weight excluding hydrogens is 214 g/mol. The number of rotatable bonds is 2. The van der Waals surface area contributed by atoms with Crippen molar-refractivity contribution in [1.29, 1.82) is 0 Å². The zero-order valence-corrected chi connectivity index (χ0v) is 8.71. The van der Waals surface area contributed by atoms with Crippen molar-refractivity contribution in [2.24, 2.45) is 10.9 Å². The molecule has 0 saturated heterocycles. The molecule has 1 aromatic carbocycles. The standard InChI is InChI=1S/C9H11N3O2S/c10-7-1-2-8-3-5-9(6-4-8)12-15(11,13)14/h3-6,12H,7,10H2,(H2,11,13,14). The molecule has 0 aliphatic heterocycles. The fourth-order valence-electron chi connectivity index (χ4n) is 0.939. The molecule has 0 fully saturated rings. The van der Waals surface area contributed by atoms with Gasteiger partial charge < -0.3 is 5.73 Å². The Kier molecular flexibility index (Phi) is 3.68. The zero-order valence-electron chi connectivity index (χ0n) is 7.90. The van der Waals surface area contributed by atoms with E-state index in [0.29, 0.717) is 5.69 Å². The summed E-state index contributed by atoms with van der Waals surface area (Å²) in [5, 5.41) is 4.80. The molecule has 0 aliphatic rings. The molecule has 0 radical (unpaired) electrons. The highest BCUT2D eigenvalue weighted by molar-refractivity contribution is 7.90. The zero-order chi connectivity index (χ0) is 11.3. The van der Waals surface area contributed by atoms with Gasteiger partial charge in [0.15, 0.2) is 0 Å². The van der Waals surface area contributed by atoms with Crippen LogP contribution in [-0.2, 0) is 10.2 Å². The Morgan fingerprint density at radius 2 is 1.87 bits per heavy atom. The van der Waals surface area contributed by atoms with Crippen LogP contribution in [0.3, 0.4) is 0 Å². The molecule has 0 unspecified atom stereocenters. The smallest absolute Gasteiger partial charge is 0.296 e. The summed E-state index contributed by atoms with van der Waals surface area (Å²) in [5.74, 6) is 5.50. The van der Waals surface area contributed by atoms with Crippen LogP contribution in [0.25, 0.3) is 0 Å². The van der Waals surface area contributed by atoms with Crippen molar-refractivity contribution in [2.45, 2.75) is 0 Å². The minimum Gasteiger partial charge on any atom is -0.320 e. The second kappa shape index (κ2) is 4.79. The Hall–Kier alpha value is -1.55. The van der Waals surface area contributed by atoms with Crippen molar-refractivity contribution in [3.8, 4) is 11.8 Å². The summed E-state index contributed by atoms with van der Waals surface area (Å²) in [6.45, 7) is 0.289. The highest BCUT2D eigenvalue weighted by Crippen LogP contribution is 2.09. The van der Waals surface area contributed by atoms with E-state index in [-0.39, 0.29) is 6.54 Å². The monoisotopic (exact) mass is 225 g/mol. The van der Waals surface area contributed by atoms with Crippen LogP contribution < -0.4 is 15.6 Å². The molecule has 0 saturated carbocycles. The summed E-state index contributed by atoms with van der Waals surface area (Å²) >= 11 is 0. The summed E-state index contributed by atoms with van der Waals surface area (Å²) in [6, 6.07) is 6.50. The van der Waals surface area contributed by atoms with Gasteiger partial charge in [0.1, 0.15) is 0 Å². The average Bonchev–Trinajstić information content (AvgIpc) is 2.14. The molecular formula is C9H11N3O2S. The summed E-state index contributed by atoms with van der Waals surface area (Å²) in [5.41, 5.74) is 6.37. The third-order valence-corrected chi connectivity index (χ3v) is 2.00. The van der Waals surface area contributed by atoms with Gasteiger partial charge >= 0.3 is 0 Å². The molecule has 5 nitrogen and oxygen atoms in total. The fourth-order valence-corrected chi connectivity index (χ4v) is 1.40. The topological polar surface area (TPSA) is 98.2 Å². The minimum atomic E-state index is -3.71. The van der Waals surface area contributed by atoms with Crippen molar-refractivity contribution in [2.75, 3.05) is 11.3 Å². The van der Waals surface area contributed by atoms with E-state index >= 15 is 0 Å². The second-order valence-corrected chi connectivity index (χ2v) is 4.02. The van der Waals surface area contributed by atoms with E-state index in [9.17, 15) is 8.42 Å². The molecule has 80 valence electrons. The highest BCUT2D eigenvalue weighted by atomic mass is 32.2. The number of nitrogens with two attached hydrogens (primary N) is 2. The van der Waals surface area contributed by atoms with Crippen molar-refractivity contribution in [1.82, 2.24) is 0 Å². The number of hydrogen-bond donors (Lipinski definition) is 3. The van der Waals surface area contributed by atoms with Gasteiger partial charge in [0.25, 0.3) is 10.2 Å². The highest BCUT2D eigenvalue weighted by Gasteiger charge is 2.00. The molecule has 0 aliphatic carbocycles. The molecule has 0 spiro atoms. The molecule has 1 rings (SSSR count). The van der Waals surface area contributed by atoms with Crippen LogP contribution in [0.5, 0.6) is 0 Å². The van der Waals surface area contributed by atoms with Gasteiger partial charge in [0.05, 0.1) is 6.54 Å². The fraction of sp³-hybridized carbons (Fsp3) is 0.111. The van der Waals surface area contributed by atoms with Crippen LogP contribution in [0.15, 0.2) is 24.3 Å². The molecule has 15 heavy (non-hydrogen) atoms. The number of benzene rings is 1. The molecule has 0 bridgehead atoms. The SMILES string of the molecule is NCC#Cc1ccc(NS(N)(=O)=O)cc1. The molecule has 0 aromatic heterocycles. The number of anilines is 1. The van der Waals surface area contributed by atoms with Crippen LogP contribution in [0.4, 0.5) is 5.69 Å². The molecule has 0 amide bonds. The van der Waals surface area contributed by atoms with Gasteiger partial charge in [-0.1, -0.05) is 11.8 Å². The third-order valence-electron chi connectivity index (χ3n) is 1.48. The maximum Gasteiger partial charge on any atom is 0.296 e. The first-order valence-corrected chi connectivity index (χ1v) is 5.65. The molecule has 1 aromatic rings. The Balaban J connectivity index is 2.81. The quantitative estimate of drug-likeness (QED) is 0.598. The van der Waals surface area contributed by atoms with Gasteiger partial charge in [-0.25, -0.2) is 5.14 Å². The van der Waals surface area contributed by atoms with Gasteiger partial charge in [-0.15, -0.1) is 0 Å². The van der Waals surface area contributed by atoms with Crippen molar-refractivity contribution >= 4 is 15.9 Å². The van der Waals surface area contributed by atoms with E-state index in [0.717, 1.165) is 5.56 Å². The first kappa shape index (κ1) is 11.5. The van der Waals surface area contributed by atoms with E-state index in [2.05, 4.69) is 16.6 Å². The Labute approximate surface area is 88.7 Å². The lowest BCUT2D eigenvalue weighted by atomic mass is 10.2. The molecule has 5 N–H and O–H groups in total. The second-order valence-electron chi connectivity index (χ2n) is 2.73. The van der Waals surface area contributed by atoms with Gasteiger partial charge in [-0.3, -0.25) is 4.72 Å². The number of hydrogen-bond acceptors (Lipinski definition) is 3. The van der Waals surface area contributed by atoms with Crippen molar-refractivity contribution in [3.05, 3.63) is 29.8 Å². The predicted octanol–water partition coefficient (Wildman–Crippen LogP) is -0.388. The van der Waals surface area contributed by atoms with Gasteiger partial charge in [-0.05, 0) is 24.3 Å². The summed E-state index contributed by atoms with van der Waals surface area (Å²) in [7, 11) is -3.71. The molecule has 6 heteroatoms. The van der Waals surface area contributed by atoms with Crippen molar-refractivity contribution < 1.29 is 8.42 Å². The molecule has 0 atom stereocenters. The number of nitrogens with one attached hydrogen (secondary N) is 1. The summed E-state index contributed by atoms with van der Waals surface area (Å²) < 4.78 is 23.5. The largest absolute Gasteiger partial charge is 0.320 e. The van der Waals surface area contributed by atoms with E-state index in [1.165, 1.54) is 0 Å². The lowest BCUT2D eigenvalue weighted by Crippen LogP contribution is -2.21. The predicted molar refractivity (Wildman–Crippen MR) is 59.1 cm³/mol. The lowest BCUT2D eigenvalue weighted by Gasteiger charge is -2.02. The van der Waals surface area contributed by atoms with E-state index < -0.39 is 10.2 Å². The van der Waals surface area contributed by atoms with E-state index in [4.69, 9.17) is 10.9 Å². The van der Waals surface area contributed by atoms with E-state index in [1.54, 1.807) is 24.3 Å². The first-order valence-electron chi connectivity index (χ1n) is 4.11. The van der Waals surface area contributed by atoms with Gasteiger partial charge in [0.2, 0.25) is 0 Å². The molecule has 0 heterocycles. The van der Waals surface area contributed by atoms with Gasteiger partial charge in [-0.2, -0.15) is 8.42 Å². The lowest BCUT2D eigenvalue weighted by molar-refractivity contribution is 0.603. The Morgan fingerprint density at radius 3 is 2.33 bits per heavy atom. The maximum absolute atomic E-state index is 10.7. The van der Waals surface area contributed by atoms with Crippen LogP contribution >= 0.6 is 0 Å². The van der Waals surface area contributed by atoms with Crippen LogP contribution in [-0.4, -0.2) is 15.0 Å². The van der Waals surface area contributed by atoms with E-state index in [1.807, 2.05) is 0 Å². The minimum absolute atomic E-state index is 0.289. The Morgan fingerprint density at radius 1 is 1.27 bits per heavy atom. The summed E-state index contributed by atoms with van der Waals surface area (Å²) in [4.78, 5) is 0. The first-order chi connectivity index (χ1) is 7.01. The third kappa shape index (κ3) is 4.46. The average molecular weight is 225 g/mol. The maximum atomic E-state index is 10.7. The van der Waals surface area contributed by atoms with Gasteiger partial charge in [0, 0.05) is 11.3 Å². The normalized spacial score (nSPS) is 10.3. The van der Waals surface area contributed by atoms with Crippen molar-refractivity contribution in [3.63, 3.8) is 0 Å². The van der Waals surface area contributed by atoms with Crippen LogP contribution in [0.1, 0.15) is 5.56 Å². The van der Waals surface area contributed by atoms with Crippen LogP contribution in [0.2, 0.25) is 0 Å². The Bertz CT molecular complexity index is 482. The summed E-state index contributed by atoms with van der Waals surface area (Å²) in [6.07, 6.45) is 0.